The molecule has 0 spiro atoms. The minimum absolute atomic E-state index is 0.627. The molecule has 3 heterocycles. The van der Waals surface area contributed by atoms with Crippen LogP contribution in [0.3, 0.4) is 0 Å². The summed E-state index contributed by atoms with van der Waals surface area (Å²) in [5, 5.41) is 2.68. The summed E-state index contributed by atoms with van der Waals surface area (Å²) in [4.78, 5) is 10.9. The Morgan fingerprint density at radius 3 is 2.72 bits per heavy atom. The van der Waals surface area contributed by atoms with Crippen LogP contribution < -0.4 is 5.73 Å². The molecule has 0 aromatic carbocycles. The maximum atomic E-state index is 5.84. The first kappa shape index (κ1) is 11.4. The van der Waals surface area contributed by atoms with Crippen molar-refractivity contribution in [3.8, 4) is 10.6 Å². The van der Waals surface area contributed by atoms with E-state index in [2.05, 4.69) is 21.4 Å². The third-order valence-corrected chi connectivity index (χ3v) is 4.34. The molecule has 0 bridgehead atoms. The van der Waals surface area contributed by atoms with E-state index in [0.717, 1.165) is 12.1 Å². The standard InChI is InChI=1S/C13H11N3S2/c14-13-16-12(10-2-1-7-17-10)11(18-13)8-9-3-5-15-6-4-9/h1-7H,8H2,(H2,14,16). The zero-order chi connectivity index (χ0) is 12.4. The van der Waals surface area contributed by atoms with Crippen molar-refractivity contribution in [1.29, 1.82) is 0 Å². The van der Waals surface area contributed by atoms with Crippen molar-refractivity contribution in [2.75, 3.05) is 5.73 Å². The lowest BCUT2D eigenvalue weighted by Gasteiger charge is -2.00. The first-order valence-electron chi connectivity index (χ1n) is 5.51. The second kappa shape index (κ2) is 4.88. The molecule has 5 heteroatoms. The van der Waals surface area contributed by atoms with E-state index < -0.39 is 0 Å². The highest BCUT2D eigenvalue weighted by molar-refractivity contribution is 7.17. The Hall–Kier alpha value is -1.72. The fraction of sp³-hybridized carbons (Fsp3) is 0.0769. The Morgan fingerprint density at radius 1 is 1.17 bits per heavy atom. The number of nitrogens with zero attached hydrogens (tertiary/aromatic N) is 2. The second-order valence-electron chi connectivity index (χ2n) is 3.83. The lowest BCUT2D eigenvalue weighted by molar-refractivity contribution is 1.19. The first-order valence-corrected chi connectivity index (χ1v) is 7.20. The van der Waals surface area contributed by atoms with Crippen LogP contribution in [0.2, 0.25) is 0 Å². The number of nitrogen functional groups attached to an aromatic ring is 1. The van der Waals surface area contributed by atoms with Crippen LogP contribution in [-0.2, 0) is 6.42 Å². The van der Waals surface area contributed by atoms with Gasteiger partial charge in [-0.15, -0.1) is 22.7 Å². The Labute approximate surface area is 113 Å². The van der Waals surface area contributed by atoms with E-state index in [4.69, 9.17) is 5.73 Å². The van der Waals surface area contributed by atoms with Crippen LogP contribution >= 0.6 is 22.7 Å². The van der Waals surface area contributed by atoms with Crippen LogP contribution in [-0.4, -0.2) is 9.97 Å². The fourth-order valence-electron chi connectivity index (χ4n) is 1.78. The topological polar surface area (TPSA) is 51.8 Å². The van der Waals surface area contributed by atoms with E-state index in [9.17, 15) is 0 Å². The molecule has 18 heavy (non-hydrogen) atoms. The Bertz CT molecular complexity index is 630. The molecule has 0 unspecified atom stereocenters. The van der Waals surface area contributed by atoms with Crippen LogP contribution in [0, 0.1) is 0 Å². The summed E-state index contributed by atoms with van der Waals surface area (Å²) in [5.74, 6) is 0. The molecule has 3 aromatic heterocycles. The predicted molar refractivity (Wildman–Crippen MR) is 76.9 cm³/mol. The maximum Gasteiger partial charge on any atom is 0.180 e. The molecule has 3 nitrogen and oxygen atoms in total. The molecule has 0 saturated carbocycles. The third kappa shape index (κ3) is 2.27. The van der Waals surface area contributed by atoms with Gasteiger partial charge < -0.3 is 5.73 Å². The number of hydrogen-bond donors (Lipinski definition) is 1. The molecule has 0 amide bonds. The molecular formula is C13H11N3S2. The van der Waals surface area contributed by atoms with Gasteiger partial charge in [0.1, 0.15) is 0 Å². The van der Waals surface area contributed by atoms with Crippen LogP contribution in [0.5, 0.6) is 0 Å². The SMILES string of the molecule is Nc1nc(-c2cccs2)c(Cc2ccncc2)s1. The zero-order valence-electron chi connectivity index (χ0n) is 9.54. The summed E-state index contributed by atoms with van der Waals surface area (Å²) in [6.45, 7) is 0. The molecule has 0 fully saturated rings. The molecule has 90 valence electrons. The van der Waals surface area contributed by atoms with Crippen molar-refractivity contribution in [3.63, 3.8) is 0 Å². The smallest absolute Gasteiger partial charge is 0.180 e. The summed E-state index contributed by atoms with van der Waals surface area (Å²) >= 11 is 3.25. The van der Waals surface area contributed by atoms with Gasteiger partial charge in [-0.1, -0.05) is 6.07 Å². The van der Waals surface area contributed by atoms with E-state index in [0.29, 0.717) is 5.13 Å². The number of hydrogen-bond acceptors (Lipinski definition) is 5. The molecule has 0 aliphatic heterocycles. The fourth-order valence-corrected chi connectivity index (χ4v) is 3.47. The first-order chi connectivity index (χ1) is 8.83. The van der Waals surface area contributed by atoms with Gasteiger partial charge in [-0.05, 0) is 29.1 Å². The normalized spacial score (nSPS) is 10.7. The van der Waals surface area contributed by atoms with Gasteiger partial charge in [0.25, 0.3) is 0 Å². The average molecular weight is 273 g/mol. The van der Waals surface area contributed by atoms with Gasteiger partial charge in [-0.3, -0.25) is 4.98 Å². The van der Waals surface area contributed by atoms with Crippen LogP contribution in [0.4, 0.5) is 5.13 Å². The summed E-state index contributed by atoms with van der Waals surface area (Å²) in [6, 6.07) is 8.16. The van der Waals surface area contributed by atoms with E-state index in [-0.39, 0.29) is 0 Å². The highest BCUT2D eigenvalue weighted by Gasteiger charge is 2.12. The Balaban J connectivity index is 1.98. The average Bonchev–Trinajstić information content (AvgIpc) is 3.00. The number of thiazole rings is 1. The predicted octanol–water partition coefficient (Wildman–Crippen LogP) is 3.44. The third-order valence-electron chi connectivity index (χ3n) is 2.58. The van der Waals surface area contributed by atoms with Gasteiger partial charge in [0, 0.05) is 23.7 Å². The van der Waals surface area contributed by atoms with E-state index in [1.165, 1.54) is 15.3 Å². The summed E-state index contributed by atoms with van der Waals surface area (Å²) < 4.78 is 0. The molecule has 0 aliphatic rings. The van der Waals surface area contributed by atoms with Crippen molar-refractivity contribution in [2.24, 2.45) is 0 Å². The highest BCUT2D eigenvalue weighted by Crippen LogP contribution is 2.33. The number of aromatic nitrogens is 2. The number of rotatable bonds is 3. The largest absolute Gasteiger partial charge is 0.375 e. The van der Waals surface area contributed by atoms with Crippen LogP contribution in [0.15, 0.2) is 42.0 Å². The van der Waals surface area contributed by atoms with E-state index in [1.54, 1.807) is 22.7 Å². The van der Waals surface area contributed by atoms with Crippen molar-refractivity contribution < 1.29 is 0 Å². The van der Waals surface area contributed by atoms with Gasteiger partial charge in [-0.25, -0.2) is 4.98 Å². The van der Waals surface area contributed by atoms with Crippen molar-refractivity contribution in [2.45, 2.75) is 6.42 Å². The number of pyridine rings is 1. The van der Waals surface area contributed by atoms with Gasteiger partial charge in [0.2, 0.25) is 0 Å². The van der Waals surface area contributed by atoms with Gasteiger partial charge in [0.15, 0.2) is 5.13 Å². The van der Waals surface area contributed by atoms with Gasteiger partial charge in [-0.2, -0.15) is 0 Å². The minimum Gasteiger partial charge on any atom is -0.375 e. The van der Waals surface area contributed by atoms with Crippen molar-refractivity contribution in [1.82, 2.24) is 9.97 Å². The molecule has 2 N–H and O–H groups in total. The highest BCUT2D eigenvalue weighted by atomic mass is 32.1. The number of anilines is 1. The molecule has 3 rings (SSSR count). The monoisotopic (exact) mass is 273 g/mol. The van der Waals surface area contributed by atoms with Crippen LogP contribution in [0.25, 0.3) is 10.6 Å². The number of nitrogens with two attached hydrogens (primary N) is 1. The van der Waals surface area contributed by atoms with E-state index in [1.807, 2.05) is 30.6 Å². The minimum atomic E-state index is 0.627. The molecular weight excluding hydrogens is 262 g/mol. The van der Waals surface area contributed by atoms with Crippen LogP contribution in [0.1, 0.15) is 10.4 Å². The molecule has 0 radical (unpaired) electrons. The molecule has 3 aromatic rings. The van der Waals surface area contributed by atoms with Gasteiger partial charge in [0.05, 0.1) is 10.6 Å². The molecule has 0 atom stereocenters. The maximum absolute atomic E-state index is 5.84. The summed E-state index contributed by atoms with van der Waals surface area (Å²) in [5.41, 5.74) is 8.08. The second-order valence-corrected chi connectivity index (χ2v) is 5.90. The summed E-state index contributed by atoms with van der Waals surface area (Å²) in [7, 11) is 0. The lowest BCUT2D eigenvalue weighted by atomic mass is 10.1. The molecule has 0 aliphatic carbocycles. The van der Waals surface area contributed by atoms with Gasteiger partial charge >= 0.3 is 0 Å². The summed E-state index contributed by atoms with van der Waals surface area (Å²) in [6.07, 6.45) is 4.47. The Kier molecular flexibility index (Phi) is 3.08. The Morgan fingerprint density at radius 2 is 2.00 bits per heavy atom. The quantitative estimate of drug-likeness (QED) is 0.795. The van der Waals surface area contributed by atoms with E-state index >= 15 is 0 Å². The number of thiophene rings is 1. The zero-order valence-corrected chi connectivity index (χ0v) is 11.2. The lowest BCUT2D eigenvalue weighted by Crippen LogP contribution is -1.87. The van der Waals surface area contributed by atoms with Crippen molar-refractivity contribution >= 4 is 27.8 Å². The molecule has 0 saturated heterocycles. The van der Waals surface area contributed by atoms with Crippen molar-refractivity contribution in [3.05, 3.63) is 52.5 Å².